The van der Waals surface area contributed by atoms with Crippen molar-refractivity contribution in [3.05, 3.63) is 34.9 Å². The fourth-order valence-corrected chi connectivity index (χ4v) is 4.35. The van der Waals surface area contributed by atoms with Gasteiger partial charge in [0.1, 0.15) is 6.04 Å². The molecule has 2 fully saturated rings. The van der Waals surface area contributed by atoms with Crippen LogP contribution in [-0.2, 0) is 22.7 Å². The van der Waals surface area contributed by atoms with E-state index in [9.17, 15) is 23.2 Å². The molecule has 1 unspecified atom stereocenters. The summed E-state index contributed by atoms with van der Waals surface area (Å²) in [5.41, 5.74) is 7.79. The van der Waals surface area contributed by atoms with Gasteiger partial charge in [-0.25, -0.2) is 8.78 Å². The number of fused-ring (bicyclic) bond motifs is 1. The van der Waals surface area contributed by atoms with E-state index in [-0.39, 0.29) is 44.2 Å². The Morgan fingerprint density at radius 2 is 2.04 bits per heavy atom. The maximum absolute atomic E-state index is 13.5. The molecule has 4 N–H and O–H groups in total. The highest BCUT2D eigenvalue weighted by Gasteiger charge is 2.45. The van der Waals surface area contributed by atoms with Crippen LogP contribution in [0, 0.1) is 0 Å². The number of rotatable bonds is 4. The number of piperidine rings is 1. The molecular formula is C19H22F2N4O3. The Morgan fingerprint density at radius 3 is 2.71 bits per heavy atom. The number of benzene rings is 1. The van der Waals surface area contributed by atoms with Crippen molar-refractivity contribution >= 4 is 17.7 Å². The molecule has 2 aliphatic heterocycles. The van der Waals surface area contributed by atoms with Gasteiger partial charge in [0.25, 0.3) is 11.8 Å². The normalized spacial score (nSPS) is 29.2. The van der Waals surface area contributed by atoms with E-state index < -0.39 is 30.0 Å². The summed E-state index contributed by atoms with van der Waals surface area (Å²) in [5, 5.41) is 5.34. The Morgan fingerprint density at radius 1 is 1.25 bits per heavy atom. The number of nitrogens with two attached hydrogens (primary N) is 1. The average Bonchev–Trinajstić information content (AvgIpc) is 3.09. The van der Waals surface area contributed by atoms with Gasteiger partial charge in [-0.3, -0.25) is 19.7 Å². The molecule has 1 aromatic carbocycles. The lowest BCUT2D eigenvalue weighted by atomic mass is 10.0. The summed E-state index contributed by atoms with van der Waals surface area (Å²) in [6.07, 6.45) is -0.179. The Balaban J connectivity index is 1.49. The molecule has 3 amide bonds. The summed E-state index contributed by atoms with van der Waals surface area (Å²) >= 11 is 0. The van der Waals surface area contributed by atoms with Gasteiger partial charge >= 0.3 is 0 Å². The lowest BCUT2D eigenvalue weighted by Crippen LogP contribution is -2.52. The van der Waals surface area contributed by atoms with Crippen LogP contribution in [0.2, 0.25) is 0 Å². The molecule has 7 nitrogen and oxygen atoms in total. The minimum atomic E-state index is -2.77. The van der Waals surface area contributed by atoms with Gasteiger partial charge in [0.05, 0.1) is 0 Å². The first-order valence-electron chi connectivity index (χ1n) is 9.37. The summed E-state index contributed by atoms with van der Waals surface area (Å²) in [6, 6.07) is 3.56. The van der Waals surface area contributed by atoms with E-state index in [2.05, 4.69) is 10.6 Å². The summed E-state index contributed by atoms with van der Waals surface area (Å²) in [6.45, 7) is 0.530. The van der Waals surface area contributed by atoms with E-state index in [1.54, 1.807) is 12.1 Å². The number of halogens is 2. The number of hydrogen-bond donors (Lipinski definition) is 3. The zero-order valence-electron chi connectivity index (χ0n) is 15.2. The predicted molar refractivity (Wildman–Crippen MR) is 95.3 cm³/mol. The number of nitrogens with zero attached hydrogens (tertiary/aromatic N) is 1. The number of amides is 3. The van der Waals surface area contributed by atoms with Crippen molar-refractivity contribution in [3.63, 3.8) is 0 Å². The minimum absolute atomic E-state index is 0.193. The lowest BCUT2D eigenvalue weighted by Gasteiger charge is -2.29. The monoisotopic (exact) mass is 392 g/mol. The Bertz CT molecular complexity index is 844. The van der Waals surface area contributed by atoms with Gasteiger partial charge < -0.3 is 16.0 Å². The van der Waals surface area contributed by atoms with Crippen LogP contribution in [0.5, 0.6) is 0 Å². The quantitative estimate of drug-likeness (QED) is 0.653. The topological polar surface area (TPSA) is 105 Å². The molecule has 0 aromatic heterocycles. The maximum Gasteiger partial charge on any atom is 0.255 e. The third-order valence-electron chi connectivity index (χ3n) is 5.76. The van der Waals surface area contributed by atoms with Crippen molar-refractivity contribution in [1.82, 2.24) is 15.5 Å². The van der Waals surface area contributed by atoms with Gasteiger partial charge in [0, 0.05) is 50.0 Å². The smallest absolute Gasteiger partial charge is 0.255 e. The molecule has 0 bridgehead atoms. The molecule has 4 rings (SSSR count). The third-order valence-corrected chi connectivity index (χ3v) is 5.76. The predicted octanol–water partition coefficient (Wildman–Crippen LogP) is 0.662. The van der Waals surface area contributed by atoms with Crippen LogP contribution < -0.4 is 16.4 Å². The first-order valence-corrected chi connectivity index (χ1v) is 9.37. The van der Waals surface area contributed by atoms with Crippen molar-refractivity contribution < 1.29 is 23.2 Å². The molecule has 3 aliphatic rings. The molecular weight excluding hydrogens is 370 g/mol. The average molecular weight is 392 g/mol. The Hall–Kier alpha value is -2.39. The second-order valence-electron chi connectivity index (χ2n) is 7.77. The molecule has 1 saturated heterocycles. The second kappa shape index (κ2) is 6.89. The summed E-state index contributed by atoms with van der Waals surface area (Å²) in [7, 11) is 0. The first kappa shape index (κ1) is 18.9. The molecule has 150 valence electrons. The van der Waals surface area contributed by atoms with Crippen molar-refractivity contribution in [2.75, 3.05) is 0 Å². The number of imide groups is 1. The van der Waals surface area contributed by atoms with E-state index in [1.165, 1.54) is 4.90 Å². The number of alkyl halides is 2. The van der Waals surface area contributed by atoms with Crippen molar-refractivity contribution in [2.24, 2.45) is 5.73 Å². The largest absolute Gasteiger partial charge is 0.326 e. The molecule has 9 heteroatoms. The van der Waals surface area contributed by atoms with Crippen LogP contribution >= 0.6 is 0 Å². The molecule has 3 atom stereocenters. The van der Waals surface area contributed by atoms with Crippen molar-refractivity contribution in [1.29, 1.82) is 0 Å². The highest BCUT2D eigenvalue weighted by molar-refractivity contribution is 6.05. The fourth-order valence-electron chi connectivity index (χ4n) is 4.35. The van der Waals surface area contributed by atoms with Crippen LogP contribution in [0.1, 0.15) is 47.2 Å². The molecule has 1 saturated carbocycles. The van der Waals surface area contributed by atoms with Crippen LogP contribution in [-0.4, -0.2) is 46.7 Å². The molecule has 2 heterocycles. The number of hydrogen-bond acceptors (Lipinski definition) is 5. The zero-order valence-corrected chi connectivity index (χ0v) is 15.2. The van der Waals surface area contributed by atoms with E-state index in [0.29, 0.717) is 17.5 Å². The van der Waals surface area contributed by atoms with Crippen molar-refractivity contribution in [3.8, 4) is 0 Å². The van der Waals surface area contributed by atoms with E-state index in [1.807, 2.05) is 6.07 Å². The Labute approximate surface area is 160 Å². The molecule has 0 radical (unpaired) electrons. The van der Waals surface area contributed by atoms with Gasteiger partial charge in [-0.1, -0.05) is 18.2 Å². The number of carbonyl (C=O) groups excluding carboxylic acids is 3. The fraction of sp³-hybridized carbons (Fsp3) is 0.526. The van der Waals surface area contributed by atoms with Gasteiger partial charge in [0.2, 0.25) is 11.8 Å². The zero-order chi connectivity index (χ0) is 20.1. The highest BCUT2D eigenvalue weighted by Crippen LogP contribution is 2.35. The lowest BCUT2D eigenvalue weighted by molar-refractivity contribution is -0.136. The van der Waals surface area contributed by atoms with Gasteiger partial charge in [-0.2, -0.15) is 0 Å². The molecule has 0 spiro atoms. The standard InChI is InChI=1S/C19H22F2N4O3/c20-19(21)6-12(22)13(7-19)23-8-10-2-1-3-11-9-25(18(28)16(10)11)14-4-5-15(26)24-17(14)27/h1-3,12-14,23H,4-9,22H2,(H,24,26,27)/t12-,13+,14?/m1/s1. The first-order chi connectivity index (χ1) is 13.2. The molecule has 28 heavy (non-hydrogen) atoms. The van der Waals surface area contributed by atoms with Gasteiger partial charge in [-0.15, -0.1) is 0 Å². The van der Waals surface area contributed by atoms with Gasteiger partial charge in [-0.05, 0) is 17.5 Å². The maximum atomic E-state index is 13.5. The summed E-state index contributed by atoms with van der Waals surface area (Å²) in [5.74, 6) is -3.84. The van der Waals surface area contributed by atoms with Crippen molar-refractivity contribution in [2.45, 2.75) is 62.8 Å². The Kier molecular flexibility index (Phi) is 4.67. The molecule has 1 aliphatic carbocycles. The van der Waals surface area contributed by atoms with Gasteiger partial charge in [0.15, 0.2) is 0 Å². The third kappa shape index (κ3) is 3.40. The van der Waals surface area contributed by atoms with Crippen LogP contribution in [0.25, 0.3) is 0 Å². The van der Waals surface area contributed by atoms with E-state index in [0.717, 1.165) is 5.56 Å². The molecule has 1 aromatic rings. The van der Waals surface area contributed by atoms with Crippen LogP contribution in [0.3, 0.4) is 0 Å². The minimum Gasteiger partial charge on any atom is -0.326 e. The van der Waals surface area contributed by atoms with E-state index >= 15 is 0 Å². The van der Waals surface area contributed by atoms with Crippen LogP contribution in [0.15, 0.2) is 18.2 Å². The van der Waals surface area contributed by atoms with E-state index in [4.69, 9.17) is 5.73 Å². The SMILES string of the molecule is N[C@@H]1CC(F)(F)C[C@@H]1NCc1cccc2c1C(=O)N(C1CCC(=O)NC1=O)C2. The number of carbonyl (C=O) groups is 3. The van der Waals surface area contributed by atoms with Crippen LogP contribution in [0.4, 0.5) is 8.78 Å². The summed E-state index contributed by atoms with van der Waals surface area (Å²) < 4.78 is 27.1. The second-order valence-corrected chi connectivity index (χ2v) is 7.77. The highest BCUT2D eigenvalue weighted by atomic mass is 19.3. The summed E-state index contributed by atoms with van der Waals surface area (Å²) in [4.78, 5) is 38.0. The number of nitrogens with one attached hydrogen (secondary N) is 2.